The lowest BCUT2D eigenvalue weighted by Crippen LogP contribution is -2.20. The molecule has 1 rings (SSSR count). The third-order valence-corrected chi connectivity index (χ3v) is 5.30. The van der Waals surface area contributed by atoms with E-state index in [0.29, 0.717) is 5.41 Å². The van der Waals surface area contributed by atoms with Crippen LogP contribution in [0, 0.1) is 10.8 Å². The van der Waals surface area contributed by atoms with Crippen molar-refractivity contribution in [3.05, 3.63) is 51.8 Å². The van der Waals surface area contributed by atoms with Crippen molar-refractivity contribution in [3.63, 3.8) is 0 Å². The molecule has 25 heavy (non-hydrogen) atoms. The van der Waals surface area contributed by atoms with Crippen molar-refractivity contribution < 1.29 is 5.11 Å². The van der Waals surface area contributed by atoms with Crippen molar-refractivity contribution in [2.75, 3.05) is 6.61 Å². The van der Waals surface area contributed by atoms with Gasteiger partial charge in [-0.05, 0) is 74.5 Å². The van der Waals surface area contributed by atoms with E-state index < -0.39 is 0 Å². The van der Waals surface area contributed by atoms with Crippen molar-refractivity contribution in [2.45, 2.75) is 81.1 Å². The molecule has 0 spiro atoms. The fourth-order valence-electron chi connectivity index (χ4n) is 3.79. The highest BCUT2D eigenvalue weighted by Gasteiger charge is 2.27. The van der Waals surface area contributed by atoms with Crippen LogP contribution in [0.5, 0.6) is 0 Å². The third-order valence-electron chi connectivity index (χ3n) is 5.30. The predicted octanol–water partition coefficient (Wildman–Crippen LogP) is 6.92. The maximum Gasteiger partial charge on any atom is 0.0618 e. The van der Waals surface area contributed by atoms with Gasteiger partial charge in [-0.3, -0.25) is 0 Å². The first-order valence-electron chi connectivity index (χ1n) is 9.60. The Hall–Kier alpha value is -1.30. The highest BCUT2D eigenvalue weighted by Crippen LogP contribution is 2.42. The van der Waals surface area contributed by atoms with Gasteiger partial charge in [0.2, 0.25) is 0 Å². The topological polar surface area (TPSA) is 20.2 Å². The Kier molecular flexibility index (Phi) is 7.72. The van der Waals surface area contributed by atoms with Crippen molar-refractivity contribution in [2.24, 2.45) is 10.8 Å². The molecular weight excluding hydrogens is 304 g/mol. The summed E-state index contributed by atoms with van der Waals surface area (Å²) in [7, 11) is 0. The Morgan fingerprint density at radius 3 is 2.36 bits per heavy atom. The molecule has 0 saturated heterocycles. The number of hydrogen-bond acceptors (Lipinski definition) is 1. The van der Waals surface area contributed by atoms with Gasteiger partial charge in [-0.25, -0.2) is 0 Å². The van der Waals surface area contributed by atoms with Gasteiger partial charge in [-0.1, -0.05) is 57.9 Å². The van der Waals surface area contributed by atoms with E-state index in [2.05, 4.69) is 73.3 Å². The second-order valence-electron chi connectivity index (χ2n) is 9.13. The summed E-state index contributed by atoms with van der Waals surface area (Å²) in [5, 5.41) is 9.19. The molecule has 0 aromatic carbocycles. The number of allylic oxidation sites excluding steroid dienone is 6. The van der Waals surface area contributed by atoms with Gasteiger partial charge in [0.25, 0.3) is 0 Å². The minimum atomic E-state index is 0.0109. The Morgan fingerprint density at radius 2 is 1.84 bits per heavy atom. The van der Waals surface area contributed by atoms with E-state index in [0.717, 1.165) is 17.6 Å². The standard InChI is InChI=1S/C24H38O/c1-18(11-13-21(23(4,5)6)20(3)15-17-25)12-14-22-19(2)10-9-16-24(22,7)8/h11-12,15,25H,9-10,14,16-17H2,1-8H3/b18-12+,20-15+. The molecule has 0 radical (unpaired) electrons. The monoisotopic (exact) mass is 342 g/mol. The molecule has 0 aromatic heterocycles. The number of hydrogen-bond donors (Lipinski definition) is 1. The Balaban J connectivity index is 3.09. The van der Waals surface area contributed by atoms with Gasteiger partial charge in [0, 0.05) is 5.57 Å². The minimum Gasteiger partial charge on any atom is -0.392 e. The molecule has 0 saturated carbocycles. The summed E-state index contributed by atoms with van der Waals surface area (Å²) >= 11 is 0. The van der Waals surface area contributed by atoms with Gasteiger partial charge in [0.15, 0.2) is 0 Å². The highest BCUT2D eigenvalue weighted by molar-refractivity contribution is 5.35. The van der Waals surface area contributed by atoms with Gasteiger partial charge >= 0.3 is 0 Å². The summed E-state index contributed by atoms with van der Waals surface area (Å²) in [6.07, 6.45) is 11.2. The first-order valence-corrected chi connectivity index (χ1v) is 9.60. The lowest BCUT2D eigenvalue weighted by Gasteiger charge is -2.34. The molecule has 140 valence electrons. The molecule has 0 bridgehead atoms. The second-order valence-corrected chi connectivity index (χ2v) is 9.13. The van der Waals surface area contributed by atoms with E-state index in [1.165, 1.54) is 24.8 Å². The first kappa shape index (κ1) is 21.7. The van der Waals surface area contributed by atoms with Gasteiger partial charge in [-0.2, -0.15) is 0 Å². The molecule has 0 fully saturated rings. The van der Waals surface area contributed by atoms with Gasteiger partial charge in [-0.15, -0.1) is 5.73 Å². The molecule has 1 N–H and O–H groups in total. The van der Waals surface area contributed by atoms with E-state index >= 15 is 0 Å². The van der Waals surface area contributed by atoms with E-state index in [9.17, 15) is 5.11 Å². The summed E-state index contributed by atoms with van der Waals surface area (Å²) in [5.74, 6) is 0. The average Bonchev–Trinajstić information content (AvgIpc) is 2.45. The summed E-state index contributed by atoms with van der Waals surface area (Å²) in [5.41, 5.74) is 10.5. The quantitative estimate of drug-likeness (QED) is 0.327. The van der Waals surface area contributed by atoms with Crippen LogP contribution in [0.25, 0.3) is 0 Å². The van der Waals surface area contributed by atoms with Gasteiger partial charge in [0.05, 0.1) is 6.61 Å². The summed E-state index contributed by atoms with van der Waals surface area (Å²) in [4.78, 5) is 0. The van der Waals surface area contributed by atoms with Crippen molar-refractivity contribution in [1.82, 2.24) is 0 Å². The van der Waals surface area contributed by atoms with Crippen LogP contribution < -0.4 is 0 Å². The molecule has 1 heteroatoms. The van der Waals surface area contributed by atoms with Crippen molar-refractivity contribution in [1.29, 1.82) is 0 Å². The normalized spacial score (nSPS) is 18.9. The maximum absolute atomic E-state index is 9.19. The molecular formula is C24H38O. The lowest BCUT2D eigenvalue weighted by atomic mass is 9.71. The molecule has 0 atom stereocenters. The zero-order chi connectivity index (χ0) is 19.3. The maximum atomic E-state index is 9.19. The smallest absolute Gasteiger partial charge is 0.0618 e. The van der Waals surface area contributed by atoms with Crippen LogP contribution in [0.4, 0.5) is 0 Å². The van der Waals surface area contributed by atoms with E-state index in [4.69, 9.17) is 0 Å². The lowest BCUT2D eigenvalue weighted by molar-refractivity contribution is 0.341. The van der Waals surface area contributed by atoms with Gasteiger partial charge in [0.1, 0.15) is 0 Å². The zero-order valence-electron chi connectivity index (χ0n) is 17.7. The third kappa shape index (κ3) is 6.49. The molecule has 0 heterocycles. The predicted molar refractivity (Wildman–Crippen MR) is 111 cm³/mol. The molecule has 0 aromatic rings. The van der Waals surface area contributed by atoms with E-state index in [1.54, 1.807) is 11.1 Å². The zero-order valence-corrected chi connectivity index (χ0v) is 17.7. The Labute approximate surface area is 155 Å². The van der Waals surface area contributed by atoms with Crippen LogP contribution in [0.3, 0.4) is 0 Å². The fraction of sp³-hybridized carbons (Fsp3) is 0.625. The largest absolute Gasteiger partial charge is 0.392 e. The van der Waals surface area contributed by atoms with Crippen LogP contribution in [-0.2, 0) is 0 Å². The number of aliphatic hydroxyl groups is 1. The molecule has 0 amide bonds. The van der Waals surface area contributed by atoms with Crippen LogP contribution in [0.1, 0.15) is 81.1 Å². The van der Waals surface area contributed by atoms with Crippen LogP contribution in [0.15, 0.2) is 51.8 Å². The van der Waals surface area contributed by atoms with Crippen molar-refractivity contribution in [3.8, 4) is 0 Å². The Morgan fingerprint density at radius 1 is 1.20 bits per heavy atom. The van der Waals surface area contributed by atoms with Crippen LogP contribution in [-0.4, -0.2) is 11.7 Å². The molecule has 0 aliphatic heterocycles. The SMILES string of the molecule is CC1=C(C/C=C(\C)C=C=C(/C(C)=C/CO)C(C)(C)C)C(C)(C)CCC1. The number of aliphatic hydroxyl groups excluding tert-OH is 1. The van der Waals surface area contributed by atoms with Crippen molar-refractivity contribution >= 4 is 0 Å². The minimum absolute atomic E-state index is 0.0109. The molecule has 0 unspecified atom stereocenters. The van der Waals surface area contributed by atoms with E-state index in [-0.39, 0.29) is 12.0 Å². The average molecular weight is 343 g/mol. The Bertz CT molecular complexity index is 623. The first-order chi connectivity index (χ1) is 11.5. The highest BCUT2D eigenvalue weighted by atomic mass is 16.2. The summed E-state index contributed by atoms with van der Waals surface area (Å²) in [6.45, 7) is 17.9. The fourth-order valence-corrected chi connectivity index (χ4v) is 3.79. The molecule has 1 aliphatic carbocycles. The summed E-state index contributed by atoms with van der Waals surface area (Å²) in [6, 6.07) is 0. The molecule has 1 aliphatic rings. The van der Waals surface area contributed by atoms with Crippen LogP contribution >= 0.6 is 0 Å². The van der Waals surface area contributed by atoms with Crippen LogP contribution in [0.2, 0.25) is 0 Å². The second kappa shape index (κ2) is 8.88. The van der Waals surface area contributed by atoms with Gasteiger partial charge < -0.3 is 5.11 Å². The number of rotatable bonds is 5. The molecule has 1 nitrogen and oxygen atoms in total. The summed E-state index contributed by atoms with van der Waals surface area (Å²) < 4.78 is 0. The van der Waals surface area contributed by atoms with E-state index in [1.807, 2.05) is 6.08 Å².